The Balaban J connectivity index is 1.86. The van der Waals surface area contributed by atoms with Crippen LogP contribution in [-0.4, -0.2) is 53.2 Å². The molecule has 0 aliphatic rings. The number of sulfonamides is 1. The number of anilines is 1. The minimum Gasteiger partial charge on any atom is -0.481 e. The van der Waals surface area contributed by atoms with Crippen molar-refractivity contribution in [2.75, 3.05) is 19.5 Å². The Bertz CT molecular complexity index is 1140. The number of nitrogens with zero attached hydrogens (tertiary/aromatic N) is 5. The molecule has 3 aromatic heterocycles. The Labute approximate surface area is 160 Å². The summed E-state index contributed by atoms with van der Waals surface area (Å²) in [5, 5.41) is 6.23. The topological polar surface area (TPSA) is 150 Å². The summed E-state index contributed by atoms with van der Waals surface area (Å²) in [7, 11) is -1.51. The van der Waals surface area contributed by atoms with E-state index in [0.717, 1.165) is 6.20 Å². The lowest BCUT2D eigenvalue weighted by Crippen LogP contribution is -2.35. The summed E-state index contributed by atoms with van der Waals surface area (Å²) >= 11 is 0. The summed E-state index contributed by atoms with van der Waals surface area (Å²) in [5.41, 5.74) is 1.42. The van der Waals surface area contributed by atoms with Gasteiger partial charge in [0.25, 0.3) is 10.0 Å². The highest BCUT2D eigenvalue weighted by atomic mass is 32.2. The van der Waals surface area contributed by atoms with Crippen LogP contribution in [0, 0.1) is 13.8 Å². The number of fused-ring (bicyclic) bond motifs is 1. The van der Waals surface area contributed by atoms with Crippen LogP contribution in [0.3, 0.4) is 0 Å². The molecule has 0 aromatic carbocycles. The molecule has 0 aliphatic heterocycles. The predicted octanol–water partition coefficient (Wildman–Crippen LogP) is 0.664. The summed E-state index contributed by atoms with van der Waals surface area (Å²) in [5.74, 6) is 0.0548. The standard InChI is InChI=1S/C15H17N7O5S/c1-8-5-9(2)22-13(17-8)10(7-16-22)28(24,25)21-15(23)20-14-18-11(26-3)6-12(19-14)27-4/h5-7H,1-4H3,(H2,18,19,20,21,23). The lowest BCUT2D eigenvalue weighted by molar-refractivity contribution is 0.256. The molecule has 13 heteroatoms. The second-order valence-corrected chi connectivity index (χ2v) is 7.27. The fourth-order valence-electron chi connectivity index (χ4n) is 2.41. The molecule has 148 valence electrons. The minimum absolute atomic E-state index is 0.108. The van der Waals surface area contributed by atoms with Crippen molar-refractivity contribution in [1.82, 2.24) is 29.3 Å². The van der Waals surface area contributed by atoms with E-state index in [-0.39, 0.29) is 28.3 Å². The van der Waals surface area contributed by atoms with Gasteiger partial charge >= 0.3 is 6.03 Å². The normalized spacial score (nSPS) is 11.3. The number of rotatable bonds is 5. The van der Waals surface area contributed by atoms with Gasteiger partial charge in [-0.25, -0.2) is 27.4 Å². The maximum atomic E-state index is 12.6. The van der Waals surface area contributed by atoms with E-state index in [1.807, 2.05) is 4.72 Å². The minimum atomic E-state index is -4.25. The summed E-state index contributed by atoms with van der Waals surface area (Å²) in [4.78, 5) is 23.9. The Kier molecular flexibility index (Phi) is 5.00. The van der Waals surface area contributed by atoms with E-state index in [1.54, 1.807) is 19.9 Å². The average Bonchev–Trinajstić information content (AvgIpc) is 3.05. The third-order valence-corrected chi connectivity index (χ3v) is 4.91. The van der Waals surface area contributed by atoms with Crippen molar-refractivity contribution in [3.05, 3.63) is 29.7 Å². The zero-order valence-corrected chi connectivity index (χ0v) is 16.2. The third kappa shape index (κ3) is 3.78. The quantitative estimate of drug-likeness (QED) is 0.622. The SMILES string of the molecule is COc1cc(OC)nc(NC(=O)NS(=O)(=O)c2cnn3c(C)cc(C)nc23)n1. The molecule has 0 atom stereocenters. The van der Waals surface area contributed by atoms with Gasteiger partial charge in [0, 0.05) is 11.4 Å². The van der Waals surface area contributed by atoms with Crippen LogP contribution in [0.1, 0.15) is 11.4 Å². The maximum absolute atomic E-state index is 12.6. The molecule has 0 radical (unpaired) electrons. The van der Waals surface area contributed by atoms with Gasteiger partial charge in [0.2, 0.25) is 17.7 Å². The van der Waals surface area contributed by atoms with E-state index < -0.39 is 16.1 Å². The zero-order valence-electron chi connectivity index (χ0n) is 15.4. The van der Waals surface area contributed by atoms with E-state index >= 15 is 0 Å². The second-order valence-electron chi connectivity index (χ2n) is 5.62. The van der Waals surface area contributed by atoms with E-state index in [9.17, 15) is 13.2 Å². The van der Waals surface area contributed by atoms with Crippen LogP contribution in [0.5, 0.6) is 11.8 Å². The number of carbonyl (C=O) groups is 1. The number of aryl methyl sites for hydroxylation is 2. The number of methoxy groups -OCH3 is 2. The van der Waals surface area contributed by atoms with E-state index in [2.05, 4.69) is 25.4 Å². The van der Waals surface area contributed by atoms with Gasteiger partial charge < -0.3 is 9.47 Å². The molecule has 0 bridgehead atoms. The predicted molar refractivity (Wildman–Crippen MR) is 96.9 cm³/mol. The van der Waals surface area contributed by atoms with Gasteiger partial charge in [-0.15, -0.1) is 0 Å². The van der Waals surface area contributed by atoms with Gasteiger partial charge in [0.1, 0.15) is 0 Å². The molecule has 2 amide bonds. The van der Waals surface area contributed by atoms with Gasteiger partial charge in [0.15, 0.2) is 10.5 Å². The molecule has 3 heterocycles. The Morgan fingerprint density at radius 3 is 2.32 bits per heavy atom. The van der Waals surface area contributed by atoms with Crippen molar-refractivity contribution < 1.29 is 22.7 Å². The molecule has 3 aromatic rings. The number of aromatic nitrogens is 5. The monoisotopic (exact) mass is 407 g/mol. The third-order valence-electron chi connectivity index (χ3n) is 3.58. The number of hydrogen-bond acceptors (Lipinski definition) is 9. The maximum Gasteiger partial charge on any atom is 0.335 e. The van der Waals surface area contributed by atoms with Crippen molar-refractivity contribution >= 4 is 27.6 Å². The highest BCUT2D eigenvalue weighted by molar-refractivity contribution is 7.90. The zero-order chi connectivity index (χ0) is 20.5. The second kappa shape index (κ2) is 7.26. The number of hydrogen-bond donors (Lipinski definition) is 2. The summed E-state index contributed by atoms with van der Waals surface area (Å²) in [6, 6.07) is 2.08. The summed E-state index contributed by atoms with van der Waals surface area (Å²) in [6.45, 7) is 3.49. The summed E-state index contributed by atoms with van der Waals surface area (Å²) < 4.78 is 38.4. The molecular formula is C15H17N7O5S. The molecular weight excluding hydrogens is 390 g/mol. The first kappa shape index (κ1) is 19.3. The average molecular weight is 407 g/mol. The van der Waals surface area contributed by atoms with Crippen molar-refractivity contribution in [1.29, 1.82) is 0 Å². The van der Waals surface area contributed by atoms with Crippen molar-refractivity contribution in [2.45, 2.75) is 18.7 Å². The van der Waals surface area contributed by atoms with Crippen LogP contribution in [-0.2, 0) is 10.0 Å². The largest absolute Gasteiger partial charge is 0.481 e. The smallest absolute Gasteiger partial charge is 0.335 e. The van der Waals surface area contributed by atoms with Gasteiger partial charge in [0.05, 0.1) is 26.5 Å². The van der Waals surface area contributed by atoms with Crippen molar-refractivity contribution in [2.24, 2.45) is 0 Å². The number of urea groups is 1. The van der Waals surface area contributed by atoms with Crippen LogP contribution >= 0.6 is 0 Å². The lowest BCUT2D eigenvalue weighted by atomic mass is 10.3. The highest BCUT2D eigenvalue weighted by Gasteiger charge is 2.24. The molecule has 12 nitrogen and oxygen atoms in total. The van der Waals surface area contributed by atoms with E-state index in [0.29, 0.717) is 11.4 Å². The first-order chi connectivity index (χ1) is 13.2. The fourth-order valence-corrected chi connectivity index (χ4v) is 3.38. The molecule has 0 unspecified atom stereocenters. The number of carbonyl (C=O) groups excluding carboxylic acids is 1. The van der Waals surface area contributed by atoms with Gasteiger partial charge in [-0.2, -0.15) is 15.1 Å². The van der Waals surface area contributed by atoms with Crippen molar-refractivity contribution in [3.63, 3.8) is 0 Å². The highest BCUT2D eigenvalue weighted by Crippen LogP contribution is 2.19. The van der Waals surface area contributed by atoms with Crippen LogP contribution < -0.4 is 19.5 Å². The van der Waals surface area contributed by atoms with E-state index in [1.165, 1.54) is 24.8 Å². The Morgan fingerprint density at radius 1 is 1.07 bits per heavy atom. The molecule has 2 N–H and O–H groups in total. The number of amides is 2. The van der Waals surface area contributed by atoms with Gasteiger partial charge in [-0.3, -0.25) is 5.32 Å². The first-order valence-electron chi connectivity index (χ1n) is 7.86. The van der Waals surface area contributed by atoms with Crippen LogP contribution in [0.4, 0.5) is 10.7 Å². The molecule has 28 heavy (non-hydrogen) atoms. The number of nitrogens with one attached hydrogen (secondary N) is 2. The molecule has 0 aliphatic carbocycles. The van der Waals surface area contributed by atoms with Crippen LogP contribution in [0.25, 0.3) is 5.65 Å². The molecule has 3 rings (SSSR count). The molecule has 0 spiro atoms. The molecule has 0 saturated carbocycles. The molecule has 0 fully saturated rings. The van der Waals surface area contributed by atoms with Crippen LogP contribution in [0.2, 0.25) is 0 Å². The van der Waals surface area contributed by atoms with E-state index in [4.69, 9.17) is 9.47 Å². The van der Waals surface area contributed by atoms with Crippen LogP contribution in [0.15, 0.2) is 23.2 Å². The number of ether oxygens (including phenoxy) is 2. The lowest BCUT2D eigenvalue weighted by Gasteiger charge is -2.09. The van der Waals surface area contributed by atoms with Crippen molar-refractivity contribution in [3.8, 4) is 11.8 Å². The fraction of sp³-hybridized carbons (Fsp3) is 0.267. The van der Waals surface area contributed by atoms with Gasteiger partial charge in [-0.05, 0) is 19.9 Å². The first-order valence-corrected chi connectivity index (χ1v) is 9.34. The Morgan fingerprint density at radius 2 is 1.71 bits per heavy atom. The summed E-state index contributed by atoms with van der Waals surface area (Å²) in [6.07, 6.45) is 1.12. The Hall–Kier alpha value is -3.48. The van der Waals surface area contributed by atoms with Gasteiger partial charge in [-0.1, -0.05) is 0 Å². The molecule has 0 saturated heterocycles.